The molecule has 0 radical (unpaired) electrons. The summed E-state index contributed by atoms with van der Waals surface area (Å²) < 4.78 is 6.28. The van der Waals surface area contributed by atoms with Crippen LogP contribution in [0.3, 0.4) is 0 Å². The van der Waals surface area contributed by atoms with Crippen LogP contribution in [0.1, 0.15) is 68.3 Å². The summed E-state index contributed by atoms with van der Waals surface area (Å²) in [6, 6.07) is 7.67. The predicted octanol–water partition coefficient (Wildman–Crippen LogP) is 3.57. The maximum Gasteiger partial charge on any atom is 0.253 e. The molecule has 29 heavy (non-hydrogen) atoms. The Labute approximate surface area is 176 Å². The smallest absolute Gasteiger partial charge is 0.253 e. The number of hydrogen-bond acceptors (Lipinski definition) is 3. The van der Waals surface area contributed by atoms with Gasteiger partial charge in [0.1, 0.15) is 0 Å². The van der Waals surface area contributed by atoms with Crippen LogP contribution < -0.4 is 10.6 Å². The molecule has 0 bridgehead atoms. The maximum atomic E-state index is 12.0. The third-order valence-corrected chi connectivity index (χ3v) is 5.33. The fraction of sp³-hybridized carbons (Fsp3) is 0.652. The van der Waals surface area contributed by atoms with Crippen LogP contribution >= 0.6 is 0 Å². The van der Waals surface area contributed by atoms with Gasteiger partial charge in [-0.15, -0.1) is 0 Å². The first-order valence-electron chi connectivity index (χ1n) is 11.0. The second kappa shape index (κ2) is 11.8. The molecule has 0 heterocycles. The summed E-state index contributed by atoms with van der Waals surface area (Å²) >= 11 is 0. The monoisotopic (exact) mass is 402 g/mol. The number of ether oxygens (including phenoxy) is 1. The number of aliphatic imine (C=N–C) groups is 1. The number of hydrogen-bond donors (Lipinski definition) is 2. The molecule has 1 aromatic carbocycles. The van der Waals surface area contributed by atoms with E-state index < -0.39 is 0 Å². The summed E-state index contributed by atoms with van der Waals surface area (Å²) in [6.45, 7) is 7.21. The number of carbonyl (C=O) groups is 1. The minimum atomic E-state index is -0.0708. The van der Waals surface area contributed by atoms with Crippen molar-refractivity contribution in [2.24, 2.45) is 4.99 Å². The maximum absolute atomic E-state index is 12.0. The van der Waals surface area contributed by atoms with E-state index in [1.165, 1.54) is 19.3 Å². The zero-order valence-corrected chi connectivity index (χ0v) is 18.6. The molecule has 0 spiro atoms. The van der Waals surface area contributed by atoms with Crippen molar-refractivity contribution in [2.45, 2.75) is 64.5 Å². The van der Waals surface area contributed by atoms with Gasteiger partial charge in [0, 0.05) is 39.4 Å². The topological polar surface area (TPSA) is 66.0 Å². The second-order valence-corrected chi connectivity index (χ2v) is 8.04. The highest BCUT2D eigenvalue weighted by atomic mass is 16.5. The van der Waals surface area contributed by atoms with E-state index >= 15 is 0 Å². The molecule has 1 aliphatic carbocycles. The van der Waals surface area contributed by atoms with E-state index in [2.05, 4.69) is 24.5 Å². The van der Waals surface area contributed by atoms with E-state index in [9.17, 15) is 4.79 Å². The number of carbonyl (C=O) groups excluding carboxylic acids is 1. The van der Waals surface area contributed by atoms with Crippen LogP contribution in [0.2, 0.25) is 0 Å². The van der Waals surface area contributed by atoms with E-state index in [1.54, 1.807) is 19.0 Å². The molecule has 2 rings (SSSR count). The Kier molecular flexibility index (Phi) is 9.45. The highest BCUT2D eigenvalue weighted by Crippen LogP contribution is 2.31. The summed E-state index contributed by atoms with van der Waals surface area (Å²) in [5.41, 5.74) is 1.70. The summed E-state index contributed by atoms with van der Waals surface area (Å²) in [5.74, 6) is 0.825. The molecular formula is C23H38N4O2. The van der Waals surface area contributed by atoms with Crippen molar-refractivity contribution in [3.05, 3.63) is 35.4 Å². The molecule has 1 fully saturated rings. The van der Waals surface area contributed by atoms with E-state index in [-0.39, 0.29) is 11.5 Å². The lowest BCUT2D eigenvalue weighted by atomic mass is 9.84. The van der Waals surface area contributed by atoms with E-state index in [4.69, 9.17) is 9.73 Å². The summed E-state index contributed by atoms with van der Waals surface area (Å²) in [4.78, 5) is 18.3. The highest BCUT2D eigenvalue weighted by Gasteiger charge is 2.32. The van der Waals surface area contributed by atoms with Crippen molar-refractivity contribution in [3.8, 4) is 0 Å². The van der Waals surface area contributed by atoms with E-state index in [0.717, 1.165) is 50.5 Å². The van der Waals surface area contributed by atoms with Gasteiger partial charge in [0.2, 0.25) is 0 Å². The summed E-state index contributed by atoms with van der Waals surface area (Å²) in [6.07, 6.45) is 7.04. The van der Waals surface area contributed by atoms with Crippen LogP contribution in [0, 0.1) is 0 Å². The standard InChI is InChI=1S/C23H38N4O2/c1-5-16-29-23(14-8-7-9-15-23)18-26-22(24-6-2)25-17-19-10-12-20(13-11-19)21(28)27(3)4/h10-13H,5-9,14-18H2,1-4H3,(H2,24,25,26). The van der Waals surface area contributed by atoms with Crippen LogP contribution in [0.25, 0.3) is 0 Å². The summed E-state index contributed by atoms with van der Waals surface area (Å²) in [7, 11) is 3.52. The molecule has 0 aromatic heterocycles. The molecule has 1 aliphatic rings. The van der Waals surface area contributed by atoms with Gasteiger partial charge in [0.05, 0.1) is 12.1 Å². The molecule has 1 amide bonds. The average molecular weight is 403 g/mol. The van der Waals surface area contributed by atoms with Crippen molar-refractivity contribution in [1.29, 1.82) is 0 Å². The van der Waals surface area contributed by atoms with E-state index in [0.29, 0.717) is 12.1 Å². The van der Waals surface area contributed by atoms with Gasteiger partial charge in [0.15, 0.2) is 5.96 Å². The normalized spacial score (nSPS) is 16.3. The van der Waals surface area contributed by atoms with Gasteiger partial charge in [-0.3, -0.25) is 4.79 Å². The van der Waals surface area contributed by atoms with E-state index in [1.807, 2.05) is 24.3 Å². The number of amides is 1. The quantitative estimate of drug-likeness (QED) is 0.489. The van der Waals surface area contributed by atoms with Crippen molar-refractivity contribution >= 4 is 11.9 Å². The molecule has 0 saturated heterocycles. The third-order valence-electron chi connectivity index (χ3n) is 5.33. The Morgan fingerprint density at radius 2 is 1.79 bits per heavy atom. The van der Waals surface area contributed by atoms with Gasteiger partial charge in [-0.25, -0.2) is 4.99 Å². The number of nitrogens with zero attached hydrogens (tertiary/aromatic N) is 2. The molecule has 2 N–H and O–H groups in total. The zero-order valence-electron chi connectivity index (χ0n) is 18.6. The first-order valence-corrected chi connectivity index (χ1v) is 11.0. The first-order chi connectivity index (χ1) is 14.0. The van der Waals surface area contributed by atoms with Gasteiger partial charge in [-0.05, 0) is 43.9 Å². The molecular weight excluding hydrogens is 364 g/mol. The predicted molar refractivity (Wildman–Crippen MR) is 119 cm³/mol. The summed E-state index contributed by atoms with van der Waals surface area (Å²) in [5, 5.41) is 6.84. The minimum absolute atomic E-state index is 0.0138. The zero-order chi connectivity index (χ0) is 21.1. The number of rotatable bonds is 9. The second-order valence-electron chi connectivity index (χ2n) is 8.04. The van der Waals surface area contributed by atoms with Crippen LogP contribution in [-0.4, -0.2) is 56.2 Å². The van der Waals surface area contributed by atoms with Crippen LogP contribution in [0.15, 0.2) is 29.3 Å². The Morgan fingerprint density at radius 1 is 1.10 bits per heavy atom. The Hall–Kier alpha value is -2.08. The fourth-order valence-electron chi connectivity index (χ4n) is 3.65. The van der Waals surface area contributed by atoms with Crippen LogP contribution in [0.5, 0.6) is 0 Å². The molecule has 1 aromatic rings. The van der Waals surface area contributed by atoms with Gasteiger partial charge >= 0.3 is 0 Å². The minimum Gasteiger partial charge on any atom is -0.373 e. The number of guanidine groups is 1. The molecule has 6 heteroatoms. The van der Waals surface area contributed by atoms with Crippen molar-refractivity contribution in [3.63, 3.8) is 0 Å². The number of benzene rings is 1. The van der Waals surface area contributed by atoms with Gasteiger partial charge in [-0.1, -0.05) is 38.3 Å². The third kappa shape index (κ3) is 7.35. The van der Waals surface area contributed by atoms with Gasteiger partial charge < -0.3 is 20.3 Å². The molecule has 6 nitrogen and oxygen atoms in total. The Morgan fingerprint density at radius 3 is 2.38 bits per heavy atom. The van der Waals surface area contributed by atoms with Crippen molar-refractivity contribution < 1.29 is 9.53 Å². The molecule has 162 valence electrons. The molecule has 0 atom stereocenters. The molecule has 1 saturated carbocycles. The van der Waals surface area contributed by atoms with Gasteiger partial charge in [-0.2, -0.15) is 0 Å². The van der Waals surface area contributed by atoms with Crippen molar-refractivity contribution in [2.75, 3.05) is 33.8 Å². The Balaban J connectivity index is 1.98. The van der Waals surface area contributed by atoms with Gasteiger partial charge in [0.25, 0.3) is 5.91 Å². The largest absolute Gasteiger partial charge is 0.373 e. The molecule has 0 aliphatic heterocycles. The van der Waals surface area contributed by atoms with Crippen LogP contribution in [0.4, 0.5) is 0 Å². The lowest BCUT2D eigenvalue weighted by molar-refractivity contribution is -0.0657. The van der Waals surface area contributed by atoms with Crippen LogP contribution in [-0.2, 0) is 11.3 Å². The average Bonchev–Trinajstić information content (AvgIpc) is 2.75. The lowest BCUT2D eigenvalue weighted by Gasteiger charge is -2.37. The van der Waals surface area contributed by atoms with Crippen molar-refractivity contribution in [1.82, 2.24) is 15.5 Å². The number of nitrogens with one attached hydrogen (secondary N) is 2. The fourth-order valence-corrected chi connectivity index (χ4v) is 3.65. The first kappa shape index (κ1) is 23.2. The SMILES string of the molecule is CCCOC1(CNC(=NCc2ccc(C(=O)N(C)C)cc2)NCC)CCCCC1. The molecule has 0 unspecified atom stereocenters. The lowest BCUT2D eigenvalue weighted by Crippen LogP contribution is -2.49. The highest BCUT2D eigenvalue weighted by molar-refractivity contribution is 5.93. The Bertz CT molecular complexity index is 649.